The zero-order chi connectivity index (χ0) is 10.1. The Bertz CT molecular complexity index is 323. The third-order valence-electron chi connectivity index (χ3n) is 2.38. The van der Waals surface area contributed by atoms with E-state index in [1.54, 1.807) is 4.68 Å². The summed E-state index contributed by atoms with van der Waals surface area (Å²) in [7, 11) is 1.88. The van der Waals surface area contributed by atoms with Crippen molar-refractivity contribution in [2.24, 2.45) is 7.05 Å². The molecule has 0 aliphatic carbocycles. The molecule has 2 rings (SSSR count). The van der Waals surface area contributed by atoms with Crippen molar-refractivity contribution in [2.45, 2.75) is 13.0 Å². The molecule has 0 bridgehead atoms. The summed E-state index contributed by atoms with van der Waals surface area (Å²) in [6.07, 6.45) is 2.08. The predicted molar refractivity (Wildman–Crippen MR) is 55.2 cm³/mol. The topological polar surface area (TPSA) is 56.3 Å². The molecule has 14 heavy (non-hydrogen) atoms. The number of anilines is 2. The summed E-state index contributed by atoms with van der Waals surface area (Å²) in [5, 5.41) is 4.33. The van der Waals surface area contributed by atoms with Crippen molar-refractivity contribution >= 4 is 11.5 Å². The molecule has 1 aromatic heterocycles. The van der Waals surface area contributed by atoms with Gasteiger partial charge >= 0.3 is 0 Å². The molecule has 1 unspecified atom stereocenters. The molecule has 1 aromatic rings. The van der Waals surface area contributed by atoms with Crippen LogP contribution >= 0.6 is 0 Å². The SMILES string of the molecule is CC1CN(c2nn(C)cc2N)CCO1. The van der Waals surface area contributed by atoms with E-state index in [2.05, 4.69) is 16.9 Å². The molecule has 1 saturated heterocycles. The smallest absolute Gasteiger partial charge is 0.174 e. The fourth-order valence-corrected chi connectivity index (χ4v) is 1.75. The van der Waals surface area contributed by atoms with Crippen LogP contribution in [0.4, 0.5) is 11.5 Å². The van der Waals surface area contributed by atoms with E-state index in [9.17, 15) is 0 Å². The van der Waals surface area contributed by atoms with Crippen molar-refractivity contribution in [2.75, 3.05) is 30.3 Å². The van der Waals surface area contributed by atoms with Gasteiger partial charge in [0.1, 0.15) is 0 Å². The number of aryl methyl sites for hydroxylation is 1. The van der Waals surface area contributed by atoms with Gasteiger partial charge in [0.2, 0.25) is 0 Å². The molecule has 0 saturated carbocycles. The summed E-state index contributed by atoms with van der Waals surface area (Å²) in [5.41, 5.74) is 6.59. The Kier molecular flexibility index (Phi) is 2.33. The van der Waals surface area contributed by atoms with Crippen LogP contribution in [0.25, 0.3) is 0 Å². The molecule has 2 heterocycles. The second-order valence-electron chi connectivity index (χ2n) is 3.71. The number of nitrogens with two attached hydrogens (primary N) is 1. The lowest BCUT2D eigenvalue weighted by Crippen LogP contribution is -2.41. The number of morpholine rings is 1. The Morgan fingerprint density at radius 2 is 2.43 bits per heavy atom. The van der Waals surface area contributed by atoms with Gasteiger partial charge in [-0.1, -0.05) is 0 Å². The van der Waals surface area contributed by atoms with E-state index in [1.165, 1.54) is 0 Å². The van der Waals surface area contributed by atoms with Crippen molar-refractivity contribution in [3.8, 4) is 0 Å². The molecular formula is C9H16N4O. The Morgan fingerprint density at radius 3 is 3.00 bits per heavy atom. The van der Waals surface area contributed by atoms with Crippen LogP contribution in [0.1, 0.15) is 6.92 Å². The first-order valence-corrected chi connectivity index (χ1v) is 4.82. The fourth-order valence-electron chi connectivity index (χ4n) is 1.75. The van der Waals surface area contributed by atoms with Crippen molar-refractivity contribution < 1.29 is 4.74 Å². The van der Waals surface area contributed by atoms with Crippen molar-refractivity contribution in [3.05, 3.63) is 6.20 Å². The van der Waals surface area contributed by atoms with Crippen LogP contribution in [0, 0.1) is 0 Å². The molecule has 1 atom stereocenters. The maximum absolute atomic E-state index is 5.85. The molecule has 5 nitrogen and oxygen atoms in total. The summed E-state index contributed by atoms with van der Waals surface area (Å²) in [6, 6.07) is 0. The third kappa shape index (κ3) is 1.68. The quantitative estimate of drug-likeness (QED) is 0.698. The van der Waals surface area contributed by atoms with Gasteiger partial charge < -0.3 is 15.4 Å². The molecule has 78 valence electrons. The van der Waals surface area contributed by atoms with Crippen molar-refractivity contribution in [1.82, 2.24) is 9.78 Å². The minimum absolute atomic E-state index is 0.255. The highest BCUT2D eigenvalue weighted by molar-refractivity contribution is 5.61. The van der Waals surface area contributed by atoms with E-state index >= 15 is 0 Å². The number of hydrogen-bond acceptors (Lipinski definition) is 4. The third-order valence-corrected chi connectivity index (χ3v) is 2.38. The second-order valence-corrected chi connectivity index (χ2v) is 3.71. The first-order valence-electron chi connectivity index (χ1n) is 4.82. The van der Waals surface area contributed by atoms with Gasteiger partial charge in [-0.15, -0.1) is 0 Å². The second kappa shape index (κ2) is 3.49. The highest BCUT2D eigenvalue weighted by atomic mass is 16.5. The number of rotatable bonds is 1. The average Bonchev–Trinajstić information content (AvgIpc) is 2.45. The zero-order valence-electron chi connectivity index (χ0n) is 8.60. The van der Waals surface area contributed by atoms with E-state index in [0.717, 1.165) is 31.2 Å². The largest absolute Gasteiger partial charge is 0.394 e. The minimum atomic E-state index is 0.255. The number of nitrogen functional groups attached to an aromatic ring is 1. The molecule has 1 fully saturated rings. The highest BCUT2D eigenvalue weighted by Gasteiger charge is 2.20. The van der Waals surface area contributed by atoms with Gasteiger partial charge in [-0.05, 0) is 6.92 Å². The standard InChI is InChI=1S/C9H16N4O/c1-7-5-13(3-4-14-7)9-8(10)6-12(2)11-9/h6-7H,3-5,10H2,1-2H3. The van der Waals surface area contributed by atoms with E-state index in [-0.39, 0.29) is 6.10 Å². The van der Waals surface area contributed by atoms with Gasteiger partial charge in [0.25, 0.3) is 0 Å². The molecule has 2 N–H and O–H groups in total. The van der Waals surface area contributed by atoms with Gasteiger partial charge in [0.15, 0.2) is 5.82 Å². The molecule has 0 amide bonds. The van der Waals surface area contributed by atoms with Gasteiger partial charge in [-0.3, -0.25) is 4.68 Å². The van der Waals surface area contributed by atoms with Gasteiger partial charge in [0, 0.05) is 26.3 Å². The molecular weight excluding hydrogens is 180 g/mol. The van der Waals surface area contributed by atoms with Gasteiger partial charge in [-0.25, -0.2) is 0 Å². The fraction of sp³-hybridized carbons (Fsp3) is 0.667. The Labute approximate surface area is 83.4 Å². The average molecular weight is 196 g/mol. The molecule has 0 radical (unpaired) electrons. The van der Waals surface area contributed by atoms with E-state index in [1.807, 2.05) is 13.2 Å². The minimum Gasteiger partial charge on any atom is -0.394 e. The molecule has 1 aliphatic heterocycles. The lowest BCUT2D eigenvalue weighted by atomic mass is 10.3. The van der Waals surface area contributed by atoms with E-state index < -0.39 is 0 Å². The molecule has 0 spiro atoms. The van der Waals surface area contributed by atoms with Crippen LogP contribution in [0.3, 0.4) is 0 Å². The van der Waals surface area contributed by atoms with Crippen molar-refractivity contribution in [1.29, 1.82) is 0 Å². The summed E-state index contributed by atoms with van der Waals surface area (Å²) < 4.78 is 7.20. The highest BCUT2D eigenvalue weighted by Crippen LogP contribution is 2.22. The van der Waals surface area contributed by atoms with E-state index in [0.29, 0.717) is 0 Å². The monoisotopic (exact) mass is 196 g/mol. The van der Waals surface area contributed by atoms with Gasteiger partial charge in [-0.2, -0.15) is 5.10 Å². The van der Waals surface area contributed by atoms with Crippen LogP contribution in [-0.4, -0.2) is 35.6 Å². The lowest BCUT2D eigenvalue weighted by Gasteiger charge is -2.31. The van der Waals surface area contributed by atoms with Crippen LogP contribution in [0.15, 0.2) is 6.20 Å². The number of hydrogen-bond donors (Lipinski definition) is 1. The van der Waals surface area contributed by atoms with Crippen LogP contribution in [0.2, 0.25) is 0 Å². The maximum atomic E-state index is 5.85. The van der Waals surface area contributed by atoms with Crippen LogP contribution in [-0.2, 0) is 11.8 Å². The summed E-state index contributed by atoms with van der Waals surface area (Å²) in [4.78, 5) is 2.17. The summed E-state index contributed by atoms with van der Waals surface area (Å²) in [5.74, 6) is 0.877. The number of nitrogens with zero attached hydrogens (tertiary/aromatic N) is 3. The Balaban J connectivity index is 2.17. The lowest BCUT2D eigenvalue weighted by molar-refractivity contribution is 0.0529. The number of aromatic nitrogens is 2. The van der Waals surface area contributed by atoms with Crippen LogP contribution < -0.4 is 10.6 Å². The Morgan fingerprint density at radius 1 is 1.64 bits per heavy atom. The first-order chi connectivity index (χ1) is 6.66. The first kappa shape index (κ1) is 9.33. The normalized spacial score (nSPS) is 22.7. The molecule has 0 aromatic carbocycles. The Hall–Kier alpha value is -1.23. The zero-order valence-corrected chi connectivity index (χ0v) is 8.60. The summed E-state index contributed by atoms with van der Waals surface area (Å²) in [6.45, 7) is 4.54. The van der Waals surface area contributed by atoms with E-state index in [4.69, 9.17) is 10.5 Å². The van der Waals surface area contributed by atoms with Gasteiger partial charge in [0.05, 0.1) is 18.4 Å². The summed E-state index contributed by atoms with van der Waals surface area (Å²) >= 11 is 0. The maximum Gasteiger partial charge on any atom is 0.174 e. The number of ether oxygens (including phenoxy) is 1. The predicted octanol–water partition coefficient (Wildman–Crippen LogP) is 0.227. The molecule has 1 aliphatic rings. The van der Waals surface area contributed by atoms with Crippen molar-refractivity contribution in [3.63, 3.8) is 0 Å². The van der Waals surface area contributed by atoms with Crippen LogP contribution in [0.5, 0.6) is 0 Å². The molecule has 5 heteroatoms.